The highest BCUT2D eigenvalue weighted by Gasteiger charge is 2.09. The Labute approximate surface area is 114 Å². The smallest absolute Gasteiger partial charge is 0.0973 e. The van der Waals surface area contributed by atoms with Gasteiger partial charge in [-0.25, -0.2) is 4.98 Å². The largest absolute Gasteiger partial charge is 0.312 e. The number of hydrogen-bond donors (Lipinski definition) is 1. The van der Waals surface area contributed by atoms with Gasteiger partial charge in [0.2, 0.25) is 0 Å². The molecular formula is C13H15BrN2S. The van der Waals surface area contributed by atoms with Crippen LogP contribution in [0.5, 0.6) is 0 Å². The standard InChI is InChI=1S/C13H15BrN2S/c1-9(15-2)12-8-17-13(16-12)7-10-5-3-4-6-11(10)14/h3-6,8-9,15H,7H2,1-2H3. The fraction of sp³-hybridized carbons (Fsp3) is 0.308. The van der Waals surface area contributed by atoms with Crippen molar-refractivity contribution in [2.45, 2.75) is 19.4 Å². The lowest BCUT2D eigenvalue weighted by Crippen LogP contribution is -2.12. The van der Waals surface area contributed by atoms with E-state index in [-0.39, 0.29) is 0 Å². The van der Waals surface area contributed by atoms with Gasteiger partial charge in [-0.3, -0.25) is 0 Å². The highest BCUT2D eigenvalue weighted by atomic mass is 79.9. The Kier molecular flexibility index (Phi) is 4.31. The van der Waals surface area contributed by atoms with E-state index >= 15 is 0 Å². The lowest BCUT2D eigenvalue weighted by Gasteiger charge is -2.05. The summed E-state index contributed by atoms with van der Waals surface area (Å²) in [6.45, 7) is 2.12. The van der Waals surface area contributed by atoms with Gasteiger partial charge in [0.05, 0.1) is 10.7 Å². The van der Waals surface area contributed by atoms with Crippen LogP contribution in [0.1, 0.15) is 29.2 Å². The number of nitrogens with zero attached hydrogens (tertiary/aromatic N) is 1. The van der Waals surface area contributed by atoms with Gasteiger partial charge in [0.1, 0.15) is 0 Å². The first-order chi connectivity index (χ1) is 8.20. The summed E-state index contributed by atoms with van der Waals surface area (Å²) >= 11 is 5.29. The molecule has 4 heteroatoms. The third kappa shape index (κ3) is 3.15. The van der Waals surface area contributed by atoms with E-state index in [9.17, 15) is 0 Å². The fourth-order valence-corrected chi connectivity index (χ4v) is 2.89. The summed E-state index contributed by atoms with van der Waals surface area (Å²) in [5, 5.41) is 6.50. The maximum atomic E-state index is 4.65. The van der Waals surface area contributed by atoms with Crippen LogP contribution >= 0.6 is 27.3 Å². The minimum absolute atomic E-state index is 0.319. The van der Waals surface area contributed by atoms with E-state index in [1.807, 2.05) is 13.1 Å². The second-order valence-corrected chi connectivity index (χ2v) is 5.74. The van der Waals surface area contributed by atoms with Gasteiger partial charge in [-0.1, -0.05) is 34.1 Å². The third-order valence-corrected chi connectivity index (χ3v) is 4.39. The SMILES string of the molecule is CNC(C)c1csc(Cc2ccccc2Br)n1. The Morgan fingerprint density at radius 3 is 2.88 bits per heavy atom. The maximum Gasteiger partial charge on any atom is 0.0973 e. The van der Waals surface area contributed by atoms with Crippen LogP contribution in [0.2, 0.25) is 0 Å². The first-order valence-corrected chi connectivity index (χ1v) is 7.23. The molecule has 1 aromatic heterocycles. The van der Waals surface area contributed by atoms with E-state index in [1.54, 1.807) is 11.3 Å². The maximum absolute atomic E-state index is 4.65. The predicted molar refractivity (Wildman–Crippen MR) is 76.5 cm³/mol. The fourth-order valence-electron chi connectivity index (χ4n) is 1.56. The molecule has 0 radical (unpaired) electrons. The summed E-state index contributed by atoms with van der Waals surface area (Å²) in [6, 6.07) is 8.61. The predicted octanol–water partition coefficient (Wildman–Crippen LogP) is 3.78. The van der Waals surface area contributed by atoms with Crippen LogP contribution in [0.4, 0.5) is 0 Å². The number of thiazole rings is 1. The Balaban J connectivity index is 2.14. The van der Waals surface area contributed by atoms with Crippen molar-refractivity contribution in [2.24, 2.45) is 0 Å². The van der Waals surface area contributed by atoms with Gasteiger partial charge in [0.25, 0.3) is 0 Å². The summed E-state index contributed by atoms with van der Waals surface area (Å²) in [5.41, 5.74) is 2.41. The first-order valence-electron chi connectivity index (χ1n) is 5.55. The third-order valence-electron chi connectivity index (χ3n) is 2.75. The molecule has 90 valence electrons. The number of rotatable bonds is 4. The molecule has 1 aromatic carbocycles. The van der Waals surface area contributed by atoms with E-state index in [0.29, 0.717) is 6.04 Å². The highest BCUT2D eigenvalue weighted by molar-refractivity contribution is 9.10. The molecule has 2 aromatic rings. The lowest BCUT2D eigenvalue weighted by molar-refractivity contribution is 0.635. The zero-order valence-electron chi connectivity index (χ0n) is 9.90. The molecule has 0 fully saturated rings. The molecule has 2 rings (SSSR count). The second-order valence-electron chi connectivity index (χ2n) is 3.94. The molecule has 2 nitrogen and oxygen atoms in total. The first kappa shape index (κ1) is 12.7. The summed E-state index contributed by atoms with van der Waals surface area (Å²) < 4.78 is 1.15. The second kappa shape index (κ2) is 5.76. The topological polar surface area (TPSA) is 24.9 Å². The minimum Gasteiger partial charge on any atom is -0.312 e. The molecule has 0 saturated carbocycles. The molecule has 0 spiro atoms. The molecule has 1 N–H and O–H groups in total. The summed E-state index contributed by atoms with van der Waals surface area (Å²) in [7, 11) is 1.96. The van der Waals surface area contributed by atoms with Gasteiger partial charge in [-0.2, -0.15) is 0 Å². The van der Waals surface area contributed by atoms with Crippen molar-refractivity contribution < 1.29 is 0 Å². The van der Waals surface area contributed by atoms with Crippen LogP contribution in [-0.4, -0.2) is 12.0 Å². The average molecular weight is 311 g/mol. The van der Waals surface area contributed by atoms with E-state index in [1.165, 1.54) is 5.56 Å². The molecule has 0 aliphatic rings. The Bertz CT molecular complexity index is 496. The number of aromatic nitrogens is 1. The average Bonchev–Trinajstić information content (AvgIpc) is 2.80. The van der Waals surface area contributed by atoms with Gasteiger partial charge in [-0.15, -0.1) is 11.3 Å². The van der Waals surface area contributed by atoms with E-state index in [0.717, 1.165) is 21.6 Å². The van der Waals surface area contributed by atoms with Gasteiger partial charge < -0.3 is 5.32 Å². The van der Waals surface area contributed by atoms with Crippen molar-refractivity contribution in [3.05, 3.63) is 50.4 Å². The molecule has 1 atom stereocenters. The van der Waals surface area contributed by atoms with Crippen LogP contribution in [0.25, 0.3) is 0 Å². The normalized spacial score (nSPS) is 12.6. The van der Waals surface area contributed by atoms with Gasteiger partial charge in [-0.05, 0) is 25.6 Å². The summed E-state index contributed by atoms with van der Waals surface area (Å²) in [4.78, 5) is 4.65. The van der Waals surface area contributed by atoms with Gasteiger partial charge in [0.15, 0.2) is 0 Å². The van der Waals surface area contributed by atoms with Gasteiger partial charge in [0, 0.05) is 22.3 Å². The van der Waals surface area contributed by atoms with Crippen LogP contribution in [0.15, 0.2) is 34.1 Å². The van der Waals surface area contributed by atoms with Crippen LogP contribution in [0.3, 0.4) is 0 Å². The van der Waals surface area contributed by atoms with E-state index < -0.39 is 0 Å². The van der Waals surface area contributed by atoms with Crippen LogP contribution in [0, 0.1) is 0 Å². The monoisotopic (exact) mass is 310 g/mol. The Morgan fingerprint density at radius 2 is 2.18 bits per heavy atom. The van der Waals surface area contributed by atoms with E-state index in [2.05, 4.69) is 56.7 Å². The number of benzene rings is 1. The zero-order valence-corrected chi connectivity index (χ0v) is 12.3. The van der Waals surface area contributed by atoms with Crippen molar-refractivity contribution in [2.75, 3.05) is 7.05 Å². The Morgan fingerprint density at radius 1 is 1.41 bits per heavy atom. The number of halogens is 1. The molecule has 0 aliphatic carbocycles. The molecule has 0 saturated heterocycles. The quantitative estimate of drug-likeness (QED) is 0.929. The van der Waals surface area contributed by atoms with E-state index in [4.69, 9.17) is 0 Å². The summed E-state index contributed by atoms with van der Waals surface area (Å²) in [6.07, 6.45) is 0.891. The highest BCUT2D eigenvalue weighted by Crippen LogP contribution is 2.23. The molecule has 1 heterocycles. The van der Waals surface area contributed by atoms with Crippen molar-refractivity contribution >= 4 is 27.3 Å². The molecule has 0 aliphatic heterocycles. The lowest BCUT2D eigenvalue weighted by atomic mass is 10.2. The van der Waals surface area contributed by atoms with Gasteiger partial charge >= 0.3 is 0 Å². The van der Waals surface area contributed by atoms with Crippen molar-refractivity contribution in [3.8, 4) is 0 Å². The Hall–Kier alpha value is -0.710. The number of nitrogens with one attached hydrogen (secondary N) is 1. The van der Waals surface area contributed by atoms with Crippen LogP contribution in [-0.2, 0) is 6.42 Å². The summed E-state index contributed by atoms with van der Waals surface area (Å²) in [5.74, 6) is 0. The molecule has 0 bridgehead atoms. The van der Waals surface area contributed by atoms with Crippen molar-refractivity contribution in [1.29, 1.82) is 0 Å². The van der Waals surface area contributed by atoms with Crippen molar-refractivity contribution in [3.63, 3.8) is 0 Å². The molecule has 0 amide bonds. The molecule has 17 heavy (non-hydrogen) atoms. The van der Waals surface area contributed by atoms with Crippen molar-refractivity contribution in [1.82, 2.24) is 10.3 Å². The number of hydrogen-bond acceptors (Lipinski definition) is 3. The minimum atomic E-state index is 0.319. The molecule has 1 unspecified atom stereocenters. The zero-order chi connectivity index (χ0) is 12.3. The molecular weight excluding hydrogens is 296 g/mol. The van der Waals surface area contributed by atoms with Crippen LogP contribution < -0.4 is 5.32 Å².